The molecule has 28 heavy (non-hydrogen) atoms. The average Bonchev–Trinajstić information content (AvgIpc) is 2.70. The Bertz CT molecular complexity index is 892. The summed E-state index contributed by atoms with van der Waals surface area (Å²) in [5, 5.41) is 4.22. The van der Waals surface area contributed by atoms with Gasteiger partial charge in [0.25, 0.3) is 0 Å². The topological polar surface area (TPSA) is 62.3 Å². The molecular formula is C20H18Cl3N3O2. The Morgan fingerprint density at radius 3 is 2.46 bits per heavy atom. The summed E-state index contributed by atoms with van der Waals surface area (Å²) in [6.07, 6.45) is 5.91. The molecule has 0 bridgehead atoms. The number of likely N-dealkylation sites (tertiary alicyclic amines) is 1. The summed E-state index contributed by atoms with van der Waals surface area (Å²) >= 11 is 17.7. The maximum Gasteiger partial charge on any atom is 0.246 e. The van der Waals surface area contributed by atoms with E-state index in [1.54, 1.807) is 41.3 Å². The standard InChI is InChI=1S/C20H18Cl3N3O2/c21-15-3-5-18(24-12-15)25-20(28)14-7-9-26(10-8-14)19(27)6-2-13-1-4-16(22)17(23)11-13/h1-6,11-12,14H,7-10H2,(H,24,25,28). The molecule has 1 N–H and O–H groups in total. The van der Waals surface area contributed by atoms with Gasteiger partial charge in [-0.1, -0.05) is 40.9 Å². The Kier molecular flexibility index (Phi) is 6.94. The van der Waals surface area contributed by atoms with Gasteiger partial charge in [-0.2, -0.15) is 0 Å². The molecule has 1 aromatic carbocycles. The summed E-state index contributed by atoms with van der Waals surface area (Å²) < 4.78 is 0. The van der Waals surface area contributed by atoms with Gasteiger partial charge in [0.15, 0.2) is 0 Å². The van der Waals surface area contributed by atoms with Crippen molar-refractivity contribution in [3.63, 3.8) is 0 Å². The first kappa shape index (κ1) is 20.6. The highest BCUT2D eigenvalue weighted by atomic mass is 35.5. The molecule has 2 heterocycles. The number of hydrogen-bond acceptors (Lipinski definition) is 3. The number of pyridine rings is 1. The SMILES string of the molecule is O=C(Nc1ccc(Cl)cn1)C1CCN(C(=O)C=Cc2ccc(Cl)c(Cl)c2)CC1. The molecule has 0 radical (unpaired) electrons. The number of hydrogen-bond donors (Lipinski definition) is 1. The van der Waals surface area contributed by atoms with E-state index in [2.05, 4.69) is 10.3 Å². The lowest BCUT2D eigenvalue weighted by atomic mass is 9.96. The lowest BCUT2D eigenvalue weighted by Gasteiger charge is -2.30. The van der Waals surface area contributed by atoms with Crippen molar-refractivity contribution in [3.05, 3.63) is 63.2 Å². The first-order valence-corrected chi connectivity index (χ1v) is 9.90. The third kappa shape index (κ3) is 5.47. The number of aromatic nitrogens is 1. The van der Waals surface area contributed by atoms with E-state index >= 15 is 0 Å². The van der Waals surface area contributed by atoms with E-state index < -0.39 is 0 Å². The van der Waals surface area contributed by atoms with Crippen molar-refractivity contribution in [2.75, 3.05) is 18.4 Å². The van der Waals surface area contributed by atoms with Crippen LogP contribution < -0.4 is 5.32 Å². The van der Waals surface area contributed by atoms with E-state index in [0.29, 0.717) is 46.8 Å². The fraction of sp³-hybridized carbons (Fsp3) is 0.250. The molecular weight excluding hydrogens is 421 g/mol. The normalized spacial score (nSPS) is 15.0. The zero-order valence-electron chi connectivity index (χ0n) is 14.9. The highest BCUT2D eigenvalue weighted by molar-refractivity contribution is 6.42. The van der Waals surface area contributed by atoms with Crippen molar-refractivity contribution in [2.45, 2.75) is 12.8 Å². The molecule has 0 atom stereocenters. The van der Waals surface area contributed by atoms with Crippen LogP contribution in [0.2, 0.25) is 15.1 Å². The highest BCUT2D eigenvalue weighted by Crippen LogP contribution is 2.23. The Hall–Kier alpha value is -2.08. The minimum Gasteiger partial charge on any atom is -0.339 e. The molecule has 1 fully saturated rings. The molecule has 0 unspecified atom stereocenters. The van der Waals surface area contributed by atoms with E-state index in [9.17, 15) is 9.59 Å². The Morgan fingerprint density at radius 2 is 1.82 bits per heavy atom. The summed E-state index contributed by atoms with van der Waals surface area (Å²) in [4.78, 5) is 30.6. The monoisotopic (exact) mass is 437 g/mol. The van der Waals surface area contributed by atoms with Crippen LogP contribution in [-0.2, 0) is 9.59 Å². The fourth-order valence-corrected chi connectivity index (χ4v) is 3.35. The number of piperidine rings is 1. The zero-order valence-corrected chi connectivity index (χ0v) is 17.1. The Labute approximate surface area is 178 Å². The molecule has 2 amide bonds. The van der Waals surface area contributed by atoms with Crippen molar-refractivity contribution in [1.82, 2.24) is 9.88 Å². The van der Waals surface area contributed by atoms with E-state index in [1.165, 1.54) is 12.3 Å². The molecule has 1 aliphatic rings. The van der Waals surface area contributed by atoms with Gasteiger partial charge in [-0.3, -0.25) is 9.59 Å². The molecule has 1 aliphatic heterocycles. The third-order valence-corrected chi connectivity index (χ3v) is 5.48. The largest absolute Gasteiger partial charge is 0.339 e. The molecule has 5 nitrogen and oxygen atoms in total. The van der Waals surface area contributed by atoms with Crippen LogP contribution in [0.3, 0.4) is 0 Å². The van der Waals surface area contributed by atoms with E-state index in [-0.39, 0.29) is 17.7 Å². The summed E-state index contributed by atoms with van der Waals surface area (Å²) in [6, 6.07) is 8.51. The number of rotatable bonds is 4. The van der Waals surface area contributed by atoms with Gasteiger partial charge in [0.05, 0.1) is 15.1 Å². The van der Waals surface area contributed by atoms with Gasteiger partial charge < -0.3 is 10.2 Å². The Balaban J connectivity index is 1.50. The van der Waals surface area contributed by atoms with E-state index in [4.69, 9.17) is 34.8 Å². The molecule has 0 spiro atoms. The number of amides is 2. The van der Waals surface area contributed by atoms with Crippen molar-refractivity contribution in [3.8, 4) is 0 Å². The second kappa shape index (κ2) is 9.41. The number of nitrogens with one attached hydrogen (secondary N) is 1. The van der Waals surface area contributed by atoms with Gasteiger partial charge in [-0.15, -0.1) is 0 Å². The number of halogens is 3. The number of anilines is 1. The minimum absolute atomic E-state index is 0.0896. The van der Waals surface area contributed by atoms with Gasteiger partial charge in [0.2, 0.25) is 11.8 Å². The highest BCUT2D eigenvalue weighted by Gasteiger charge is 2.26. The van der Waals surface area contributed by atoms with Gasteiger partial charge in [0, 0.05) is 31.3 Å². The fourth-order valence-electron chi connectivity index (χ4n) is 2.93. The second-order valence-electron chi connectivity index (χ2n) is 6.46. The maximum atomic E-state index is 12.4. The maximum absolute atomic E-state index is 12.4. The van der Waals surface area contributed by atoms with Gasteiger partial charge >= 0.3 is 0 Å². The molecule has 0 saturated carbocycles. The van der Waals surface area contributed by atoms with Crippen molar-refractivity contribution in [1.29, 1.82) is 0 Å². The zero-order chi connectivity index (χ0) is 20.1. The van der Waals surface area contributed by atoms with Crippen molar-refractivity contribution < 1.29 is 9.59 Å². The summed E-state index contributed by atoms with van der Waals surface area (Å²) in [7, 11) is 0. The number of benzene rings is 1. The molecule has 2 aromatic rings. The van der Waals surface area contributed by atoms with Crippen LogP contribution in [0.4, 0.5) is 5.82 Å². The number of nitrogens with zero attached hydrogens (tertiary/aromatic N) is 2. The van der Waals surface area contributed by atoms with Gasteiger partial charge in [0.1, 0.15) is 5.82 Å². The quantitative estimate of drug-likeness (QED) is 0.688. The lowest BCUT2D eigenvalue weighted by molar-refractivity contribution is -0.130. The van der Waals surface area contributed by atoms with E-state index in [0.717, 1.165) is 5.56 Å². The summed E-state index contributed by atoms with van der Waals surface area (Å²) in [5.74, 6) is 0.135. The van der Waals surface area contributed by atoms with Crippen LogP contribution in [0, 0.1) is 5.92 Å². The average molecular weight is 439 g/mol. The van der Waals surface area contributed by atoms with Crippen molar-refractivity contribution in [2.24, 2.45) is 5.92 Å². The lowest BCUT2D eigenvalue weighted by Crippen LogP contribution is -2.40. The van der Waals surface area contributed by atoms with Crippen LogP contribution in [-0.4, -0.2) is 34.8 Å². The second-order valence-corrected chi connectivity index (χ2v) is 7.71. The Morgan fingerprint density at radius 1 is 1.07 bits per heavy atom. The minimum atomic E-state index is -0.152. The molecule has 1 aromatic heterocycles. The predicted octanol–water partition coefficient (Wildman–Crippen LogP) is 4.93. The van der Waals surface area contributed by atoms with Crippen LogP contribution in [0.5, 0.6) is 0 Å². The third-order valence-electron chi connectivity index (χ3n) is 4.52. The molecule has 1 saturated heterocycles. The van der Waals surface area contributed by atoms with Crippen LogP contribution in [0.25, 0.3) is 6.08 Å². The number of carbonyl (C=O) groups excluding carboxylic acids is 2. The molecule has 8 heteroatoms. The van der Waals surface area contributed by atoms with Crippen LogP contribution in [0.1, 0.15) is 18.4 Å². The first-order chi connectivity index (χ1) is 13.4. The van der Waals surface area contributed by atoms with Gasteiger partial charge in [-0.05, 0) is 48.7 Å². The number of carbonyl (C=O) groups is 2. The first-order valence-electron chi connectivity index (χ1n) is 8.77. The smallest absolute Gasteiger partial charge is 0.246 e. The van der Waals surface area contributed by atoms with Gasteiger partial charge in [-0.25, -0.2) is 4.98 Å². The van der Waals surface area contributed by atoms with E-state index in [1.807, 2.05) is 0 Å². The predicted molar refractivity (Wildman–Crippen MR) is 113 cm³/mol. The van der Waals surface area contributed by atoms with Crippen LogP contribution >= 0.6 is 34.8 Å². The van der Waals surface area contributed by atoms with Crippen molar-refractivity contribution >= 4 is 58.5 Å². The molecule has 3 rings (SSSR count). The summed E-state index contributed by atoms with van der Waals surface area (Å²) in [6.45, 7) is 1.05. The molecule has 0 aliphatic carbocycles. The molecule has 146 valence electrons. The van der Waals surface area contributed by atoms with Crippen LogP contribution in [0.15, 0.2) is 42.6 Å². The summed E-state index contributed by atoms with van der Waals surface area (Å²) in [5.41, 5.74) is 0.799.